The Bertz CT molecular complexity index is 458. The second-order valence-electron chi connectivity index (χ2n) is 5.44. The number of hydrogen-bond acceptors (Lipinski definition) is 4. The summed E-state index contributed by atoms with van der Waals surface area (Å²) >= 11 is 0. The van der Waals surface area contributed by atoms with Crippen molar-refractivity contribution < 1.29 is 9.94 Å². The second-order valence-corrected chi connectivity index (χ2v) is 5.44. The largest absolute Gasteiger partial charge is 0.409 e. The van der Waals surface area contributed by atoms with Crippen molar-refractivity contribution in [3.63, 3.8) is 0 Å². The van der Waals surface area contributed by atoms with Crippen LogP contribution in [0.25, 0.3) is 0 Å². The van der Waals surface area contributed by atoms with Crippen molar-refractivity contribution in [1.82, 2.24) is 4.90 Å². The summed E-state index contributed by atoms with van der Waals surface area (Å²) in [5.41, 5.74) is 7.47. The molecule has 0 aromatic heterocycles. The number of nitrogens with two attached hydrogens (primary N) is 1. The molecule has 1 aliphatic carbocycles. The van der Waals surface area contributed by atoms with Gasteiger partial charge < -0.3 is 15.7 Å². The van der Waals surface area contributed by atoms with Gasteiger partial charge in [0, 0.05) is 25.3 Å². The van der Waals surface area contributed by atoms with Gasteiger partial charge in [0.2, 0.25) is 0 Å². The molecule has 0 spiro atoms. The summed E-state index contributed by atoms with van der Waals surface area (Å²) in [4.78, 5) is 2.21. The molecule has 1 aromatic rings. The van der Waals surface area contributed by atoms with Crippen molar-refractivity contribution in [3.8, 4) is 0 Å². The molecule has 5 heteroatoms. The molecule has 2 rings (SSSR count). The third-order valence-electron chi connectivity index (χ3n) is 3.45. The van der Waals surface area contributed by atoms with Crippen LogP contribution >= 0.6 is 0 Å². The van der Waals surface area contributed by atoms with E-state index in [2.05, 4.69) is 17.1 Å². The molecule has 1 fully saturated rings. The Morgan fingerprint density at radius 2 is 2.30 bits per heavy atom. The summed E-state index contributed by atoms with van der Waals surface area (Å²) in [5, 5.41) is 11.7. The molecule has 0 saturated heterocycles. The highest BCUT2D eigenvalue weighted by molar-refractivity contribution is 5.97. The lowest BCUT2D eigenvalue weighted by Gasteiger charge is -2.17. The van der Waals surface area contributed by atoms with E-state index in [1.54, 1.807) is 0 Å². The molecule has 20 heavy (non-hydrogen) atoms. The molecular formula is C15H23N3O2. The third kappa shape index (κ3) is 4.83. The van der Waals surface area contributed by atoms with Gasteiger partial charge in [-0.05, 0) is 37.4 Å². The van der Waals surface area contributed by atoms with E-state index >= 15 is 0 Å². The SMILES string of the molecule is CN(CCOCC1CC1)Cc1cccc(/C(N)=N/O)c1. The summed E-state index contributed by atoms with van der Waals surface area (Å²) in [5.74, 6) is 0.958. The third-order valence-corrected chi connectivity index (χ3v) is 3.45. The van der Waals surface area contributed by atoms with E-state index < -0.39 is 0 Å². The van der Waals surface area contributed by atoms with Gasteiger partial charge in [-0.2, -0.15) is 0 Å². The summed E-state index contributed by atoms with van der Waals surface area (Å²) in [6.07, 6.45) is 2.66. The summed E-state index contributed by atoms with van der Waals surface area (Å²) in [6, 6.07) is 7.73. The molecule has 0 unspecified atom stereocenters. The molecular weight excluding hydrogens is 254 g/mol. The molecule has 110 valence electrons. The van der Waals surface area contributed by atoms with Crippen LogP contribution in [0.4, 0.5) is 0 Å². The number of hydrogen-bond donors (Lipinski definition) is 2. The lowest BCUT2D eigenvalue weighted by atomic mass is 10.1. The minimum Gasteiger partial charge on any atom is -0.409 e. The first-order valence-corrected chi connectivity index (χ1v) is 7.02. The minimum atomic E-state index is 0.141. The van der Waals surface area contributed by atoms with Gasteiger partial charge in [0.15, 0.2) is 5.84 Å². The van der Waals surface area contributed by atoms with Crippen LogP contribution < -0.4 is 5.73 Å². The van der Waals surface area contributed by atoms with Crippen molar-refractivity contribution in [3.05, 3.63) is 35.4 Å². The van der Waals surface area contributed by atoms with Crippen molar-refractivity contribution in [2.45, 2.75) is 19.4 Å². The summed E-state index contributed by atoms with van der Waals surface area (Å²) in [6.45, 7) is 3.40. The molecule has 0 bridgehead atoms. The lowest BCUT2D eigenvalue weighted by molar-refractivity contribution is 0.102. The highest BCUT2D eigenvalue weighted by Crippen LogP contribution is 2.28. The number of oxime groups is 1. The smallest absolute Gasteiger partial charge is 0.170 e. The van der Waals surface area contributed by atoms with E-state index in [0.717, 1.165) is 43.3 Å². The highest BCUT2D eigenvalue weighted by atomic mass is 16.5. The Labute approximate surface area is 120 Å². The molecule has 3 N–H and O–H groups in total. The van der Waals surface area contributed by atoms with Crippen LogP contribution in [-0.4, -0.2) is 42.7 Å². The maximum absolute atomic E-state index is 8.69. The molecule has 1 aromatic carbocycles. The summed E-state index contributed by atoms with van der Waals surface area (Å²) < 4.78 is 5.63. The zero-order valence-corrected chi connectivity index (χ0v) is 12.0. The fourth-order valence-corrected chi connectivity index (χ4v) is 2.03. The molecule has 1 aliphatic rings. The predicted octanol–water partition coefficient (Wildman–Crippen LogP) is 1.64. The van der Waals surface area contributed by atoms with Crippen molar-refractivity contribution in [2.75, 3.05) is 26.8 Å². The topological polar surface area (TPSA) is 71.1 Å². The first-order chi connectivity index (χ1) is 9.69. The van der Waals surface area contributed by atoms with Gasteiger partial charge in [0.25, 0.3) is 0 Å². The molecule has 0 radical (unpaired) electrons. The molecule has 0 amide bonds. The van der Waals surface area contributed by atoms with E-state index in [1.165, 1.54) is 12.8 Å². The molecule has 1 saturated carbocycles. The van der Waals surface area contributed by atoms with E-state index in [4.69, 9.17) is 15.7 Å². The van der Waals surface area contributed by atoms with E-state index in [9.17, 15) is 0 Å². The molecule has 0 heterocycles. The first-order valence-electron chi connectivity index (χ1n) is 7.02. The zero-order valence-electron chi connectivity index (χ0n) is 12.0. The molecule has 5 nitrogen and oxygen atoms in total. The van der Waals surface area contributed by atoms with Gasteiger partial charge in [-0.3, -0.25) is 4.90 Å². The minimum absolute atomic E-state index is 0.141. The van der Waals surface area contributed by atoms with E-state index in [-0.39, 0.29) is 5.84 Å². The Morgan fingerprint density at radius 3 is 3.00 bits per heavy atom. The fourth-order valence-electron chi connectivity index (χ4n) is 2.03. The van der Waals surface area contributed by atoms with Crippen molar-refractivity contribution in [2.24, 2.45) is 16.8 Å². The Morgan fingerprint density at radius 1 is 1.50 bits per heavy atom. The number of likely N-dealkylation sites (N-methyl/N-ethyl adjacent to an activating group) is 1. The average Bonchev–Trinajstić information content (AvgIpc) is 3.27. The van der Waals surface area contributed by atoms with Gasteiger partial charge >= 0.3 is 0 Å². The molecule has 0 aliphatic heterocycles. The van der Waals surface area contributed by atoms with E-state index in [1.807, 2.05) is 24.3 Å². The summed E-state index contributed by atoms with van der Waals surface area (Å²) in [7, 11) is 2.07. The fraction of sp³-hybridized carbons (Fsp3) is 0.533. The number of nitrogens with zero attached hydrogens (tertiary/aromatic N) is 2. The van der Waals surface area contributed by atoms with Gasteiger partial charge in [0.05, 0.1) is 6.61 Å². The average molecular weight is 277 g/mol. The monoisotopic (exact) mass is 277 g/mol. The maximum atomic E-state index is 8.69. The zero-order chi connectivity index (χ0) is 14.4. The van der Waals surface area contributed by atoms with Crippen LogP contribution in [0.5, 0.6) is 0 Å². The van der Waals surface area contributed by atoms with E-state index in [0.29, 0.717) is 0 Å². The highest BCUT2D eigenvalue weighted by Gasteiger charge is 2.20. The molecule has 0 atom stereocenters. The van der Waals surface area contributed by atoms with Gasteiger partial charge in [-0.25, -0.2) is 0 Å². The van der Waals surface area contributed by atoms with Crippen LogP contribution in [0, 0.1) is 5.92 Å². The Balaban J connectivity index is 1.76. The standard InChI is InChI=1S/C15H23N3O2/c1-18(7-8-20-11-12-5-6-12)10-13-3-2-4-14(9-13)15(16)17-19/h2-4,9,12,19H,5-8,10-11H2,1H3,(H2,16,17). The van der Waals surface area contributed by atoms with Crippen molar-refractivity contribution in [1.29, 1.82) is 0 Å². The van der Waals surface area contributed by atoms with Crippen LogP contribution in [0.3, 0.4) is 0 Å². The lowest BCUT2D eigenvalue weighted by Crippen LogP contribution is -2.23. The quantitative estimate of drug-likeness (QED) is 0.249. The number of benzene rings is 1. The van der Waals surface area contributed by atoms with Crippen LogP contribution in [0.15, 0.2) is 29.4 Å². The van der Waals surface area contributed by atoms with Crippen molar-refractivity contribution >= 4 is 5.84 Å². The van der Waals surface area contributed by atoms with Gasteiger partial charge in [0.1, 0.15) is 0 Å². The number of amidine groups is 1. The normalized spacial score (nSPS) is 15.8. The Hall–Kier alpha value is -1.59. The second kappa shape index (κ2) is 7.26. The van der Waals surface area contributed by atoms with Gasteiger partial charge in [-0.1, -0.05) is 23.4 Å². The maximum Gasteiger partial charge on any atom is 0.170 e. The first kappa shape index (κ1) is 14.8. The number of rotatable bonds is 8. The number of ether oxygens (including phenoxy) is 1. The van der Waals surface area contributed by atoms with Gasteiger partial charge in [-0.15, -0.1) is 0 Å². The predicted molar refractivity (Wildman–Crippen MR) is 78.8 cm³/mol. The Kier molecular flexibility index (Phi) is 5.38. The van der Waals surface area contributed by atoms with Crippen LogP contribution in [-0.2, 0) is 11.3 Å². The van der Waals surface area contributed by atoms with Crippen LogP contribution in [0.2, 0.25) is 0 Å². The van der Waals surface area contributed by atoms with Crippen LogP contribution in [0.1, 0.15) is 24.0 Å².